The summed E-state index contributed by atoms with van der Waals surface area (Å²) in [5, 5.41) is 13.4. The molecule has 2 heterocycles. The van der Waals surface area contributed by atoms with Gasteiger partial charge in [-0.15, -0.1) is 11.3 Å². The van der Waals surface area contributed by atoms with Crippen molar-refractivity contribution >= 4 is 33.3 Å². The van der Waals surface area contributed by atoms with Crippen LogP contribution in [0.3, 0.4) is 0 Å². The van der Waals surface area contributed by atoms with Crippen molar-refractivity contribution in [2.24, 2.45) is 5.41 Å². The first-order valence-electron chi connectivity index (χ1n) is 7.03. The largest absolute Gasteiger partial charge is 0.481 e. The molecule has 6 heteroatoms. The Bertz CT molecular complexity index is 646. The molecule has 0 amide bonds. The molecule has 0 aliphatic heterocycles. The number of carboxylic acid groups (broad SMARTS) is 1. The molecule has 0 saturated carbocycles. The Morgan fingerprint density at radius 2 is 2.14 bits per heavy atom. The molecular weight excluding hydrogens is 286 g/mol. The molecule has 114 valence electrons. The van der Waals surface area contributed by atoms with Gasteiger partial charge in [0.25, 0.3) is 0 Å². The van der Waals surface area contributed by atoms with Crippen LogP contribution in [-0.4, -0.2) is 27.1 Å². The van der Waals surface area contributed by atoms with Crippen LogP contribution in [0.4, 0.5) is 5.82 Å². The minimum Gasteiger partial charge on any atom is -0.481 e. The lowest BCUT2D eigenvalue weighted by Crippen LogP contribution is -2.36. The second-order valence-corrected chi connectivity index (χ2v) is 7.28. The molecule has 0 radical (unpaired) electrons. The molecule has 0 aliphatic rings. The van der Waals surface area contributed by atoms with Gasteiger partial charge in [0.05, 0.1) is 11.8 Å². The Balaban J connectivity index is 2.36. The highest BCUT2D eigenvalue weighted by Crippen LogP contribution is 2.31. The molecule has 0 saturated heterocycles. The van der Waals surface area contributed by atoms with Gasteiger partial charge in [-0.2, -0.15) is 0 Å². The van der Waals surface area contributed by atoms with Crippen molar-refractivity contribution in [1.82, 2.24) is 9.97 Å². The van der Waals surface area contributed by atoms with Crippen molar-refractivity contribution in [2.45, 2.75) is 46.6 Å². The topological polar surface area (TPSA) is 75.1 Å². The fourth-order valence-electron chi connectivity index (χ4n) is 2.11. The van der Waals surface area contributed by atoms with Crippen molar-refractivity contribution < 1.29 is 9.90 Å². The third-order valence-corrected chi connectivity index (χ3v) is 4.65. The molecule has 5 nitrogen and oxygen atoms in total. The molecular formula is C15H21N3O2S. The molecule has 2 aromatic rings. The first-order valence-corrected chi connectivity index (χ1v) is 7.84. The highest BCUT2D eigenvalue weighted by Gasteiger charge is 2.27. The average Bonchev–Trinajstić information content (AvgIpc) is 2.80. The highest BCUT2D eigenvalue weighted by atomic mass is 32.1. The number of hydrogen-bond acceptors (Lipinski definition) is 5. The summed E-state index contributed by atoms with van der Waals surface area (Å²) in [6.45, 7) is 8.18. The molecule has 0 bridgehead atoms. The number of fused-ring (bicyclic) bond motifs is 1. The van der Waals surface area contributed by atoms with Gasteiger partial charge in [0.15, 0.2) is 0 Å². The summed E-state index contributed by atoms with van der Waals surface area (Å²) in [4.78, 5) is 21.9. The molecule has 21 heavy (non-hydrogen) atoms. The van der Waals surface area contributed by atoms with E-state index in [1.165, 1.54) is 11.2 Å². The first kappa shape index (κ1) is 15.7. The molecule has 2 rings (SSSR count). The minimum atomic E-state index is -0.813. The second-order valence-electron chi connectivity index (χ2n) is 6.17. The zero-order chi connectivity index (χ0) is 15.6. The van der Waals surface area contributed by atoms with E-state index in [0.717, 1.165) is 22.5 Å². The smallest absolute Gasteiger partial charge is 0.305 e. The molecule has 1 unspecified atom stereocenters. The van der Waals surface area contributed by atoms with Crippen LogP contribution in [0.1, 0.15) is 39.0 Å². The molecule has 0 aliphatic carbocycles. The first-order chi connectivity index (χ1) is 9.81. The quantitative estimate of drug-likeness (QED) is 0.883. The van der Waals surface area contributed by atoms with Gasteiger partial charge >= 0.3 is 5.97 Å². The maximum absolute atomic E-state index is 11.1. The molecule has 0 aromatic carbocycles. The summed E-state index contributed by atoms with van der Waals surface area (Å²) in [5.41, 5.74) is -0.181. The van der Waals surface area contributed by atoms with E-state index in [9.17, 15) is 4.79 Å². The lowest BCUT2D eigenvalue weighted by Gasteiger charge is -2.30. The maximum atomic E-state index is 11.1. The molecule has 0 fully saturated rings. The molecule has 2 aromatic heterocycles. The number of carboxylic acids is 1. The summed E-state index contributed by atoms with van der Waals surface area (Å²) in [5.74, 6) is -0.0931. The van der Waals surface area contributed by atoms with Crippen LogP contribution in [0.5, 0.6) is 0 Å². The lowest BCUT2D eigenvalue weighted by molar-refractivity contribution is -0.137. The van der Waals surface area contributed by atoms with Crippen molar-refractivity contribution in [3.63, 3.8) is 0 Å². The van der Waals surface area contributed by atoms with E-state index in [0.29, 0.717) is 0 Å². The number of hydrogen-bond donors (Lipinski definition) is 2. The summed E-state index contributed by atoms with van der Waals surface area (Å²) in [6.07, 6.45) is 2.54. The van der Waals surface area contributed by atoms with E-state index in [-0.39, 0.29) is 17.9 Å². The Hall–Kier alpha value is -1.69. The van der Waals surface area contributed by atoms with Gasteiger partial charge in [0.1, 0.15) is 17.0 Å². The fraction of sp³-hybridized carbons (Fsp3) is 0.533. The zero-order valence-electron chi connectivity index (χ0n) is 12.8. The number of aromatic nitrogens is 2. The molecule has 1 atom stereocenters. The van der Waals surface area contributed by atoms with Crippen LogP contribution in [0.15, 0.2) is 12.4 Å². The van der Waals surface area contributed by atoms with Gasteiger partial charge < -0.3 is 10.4 Å². The number of rotatable bonds is 5. The van der Waals surface area contributed by atoms with Gasteiger partial charge in [-0.25, -0.2) is 9.97 Å². The summed E-state index contributed by atoms with van der Waals surface area (Å²) in [7, 11) is 0. The van der Waals surface area contributed by atoms with Crippen LogP contribution in [0.25, 0.3) is 10.2 Å². The average molecular weight is 307 g/mol. The third-order valence-electron chi connectivity index (χ3n) is 3.46. The van der Waals surface area contributed by atoms with Crippen molar-refractivity contribution in [3.05, 3.63) is 17.3 Å². The van der Waals surface area contributed by atoms with Gasteiger partial charge in [0, 0.05) is 10.9 Å². The normalized spacial score (nSPS) is 13.3. The van der Waals surface area contributed by atoms with E-state index in [1.54, 1.807) is 11.3 Å². The molecule has 2 N–H and O–H groups in total. The van der Waals surface area contributed by atoms with Crippen molar-refractivity contribution in [1.29, 1.82) is 0 Å². The van der Waals surface area contributed by atoms with Crippen LogP contribution in [-0.2, 0) is 11.2 Å². The van der Waals surface area contributed by atoms with Gasteiger partial charge in [-0.3, -0.25) is 4.79 Å². The van der Waals surface area contributed by atoms with Crippen molar-refractivity contribution in [2.75, 3.05) is 5.32 Å². The number of aliphatic carboxylic acids is 1. The summed E-state index contributed by atoms with van der Waals surface area (Å²) < 4.78 is 0. The van der Waals surface area contributed by atoms with Crippen LogP contribution in [0.2, 0.25) is 0 Å². The predicted octanol–water partition coefficient (Wildman–Crippen LogP) is 3.56. The lowest BCUT2D eigenvalue weighted by atomic mass is 9.84. The van der Waals surface area contributed by atoms with Gasteiger partial charge in [-0.05, 0) is 17.9 Å². The SMILES string of the molecule is CCc1cc2c(NC(CC(=O)O)C(C)(C)C)ncnc2s1. The Morgan fingerprint density at radius 1 is 1.43 bits per heavy atom. The molecule has 0 spiro atoms. The van der Waals surface area contributed by atoms with E-state index < -0.39 is 5.97 Å². The van der Waals surface area contributed by atoms with E-state index in [2.05, 4.69) is 28.3 Å². The Labute approximate surface area is 128 Å². The number of nitrogens with one attached hydrogen (secondary N) is 1. The van der Waals surface area contributed by atoms with Crippen LogP contribution < -0.4 is 5.32 Å². The van der Waals surface area contributed by atoms with Crippen LogP contribution >= 0.6 is 11.3 Å². The highest BCUT2D eigenvalue weighted by molar-refractivity contribution is 7.18. The van der Waals surface area contributed by atoms with E-state index in [4.69, 9.17) is 5.11 Å². The van der Waals surface area contributed by atoms with E-state index >= 15 is 0 Å². The second kappa shape index (κ2) is 5.97. The van der Waals surface area contributed by atoms with Gasteiger partial charge in [0.2, 0.25) is 0 Å². The number of anilines is 1. The zero-order valence-corrected chi connectivity index (χ0v) is 13.6. The summed E-state index contributed by atoms with van der Waals surface area (Å²) in [6, 6.07) is 1.89. The summed E-state index contributed by atoms with van der Waals surface area (Å²) >= 11 is 1.65. The third kappa shape index (κ3) is 3.69. The fourth-order valence-corrected chi connectivity index (χ4v) is 3.04. The van der Waals surface area contributed by atoms with E-state index in [1.807, 2.05) is 20.8 Å². The van der Waals surface area contributed by atoms with Crippen molar-refractivity contribution in [3.8, 4) is 0 Å². The number of aryl methyl sites for hydroxylation is 1. The Kier molecular flexibility index (Phi) is 4.46. The number of thiophene rings is 1. The monoisotopic (exact) mass is 307 g/mol. The maximum Gasteiger partial charge on any atom is 0.305 e. The van der Waals surface area contributed by atoms with Gasteiger partial charge in [-0.1, -0.05) is 27.7 Å². The predicted molar refractivity (Wildman–Crippen MR) is 85.9 cm³/mol. The number of nitrogens with zero attached hydrogens (tertiary/aromatic N) is 2. The number of carbonyl (C=O) groups is 1. The minimum absolute atomic E-state index is 0.0553. The standard InChI is InChI=1S/C15H21N3O2S/c1-5-9-6-10-13(16-8-17-14(10)21-9)18-11(7-12(19)20)15(2,3)4/h6,8,11H,5,7H2,1-4H3,(H,19,20)(H,16,17,18). The van der Waals surface area contributed by atoms with Crippen LogP contribution in [0, 0.1) is 5.41 Å². The Morgan fingerprint density at radius 3 is 2.71 bits per heavy atom.